The minimum absolute atomic E-state index is 0.0184. The fourth-order valence-corrected chi connectivity index (χ4v) is 5.63. The molecule has 0 aliphatic heterocycles. The van der Waals surface area contributed by atoms with E-state index in [0.29, 0.717) is 0 Å². The monoisotopic (exact) mass is 566 g/mol. The van der Waals surface area contributed by atoms with Crippen LogP contribution in [0, 0.1) is 0 Å². The third kappa shape index (κ3) is 10.4. The SMILES string of the molecule is CC[N+](CC)(CC)CC.CC[N+](CC)(CC)CC.O=C(O)c1ccc(S(=O)(=O)c2ccc(C(=O)O)cc2)cc1. The summed E-state index contributed by atoms with van der Waals surface area (Å²) in [5.41, 5.74) is -0.0367. The van der Waals surface area contributed by atoms with E-state index in [9.17, 15) is 18.0 Å². The van der Waals surface area contributed by atoms with Crippen LogP contribution in [0.2, 0.25) is 0 Å². The number of benzene rings is 2. The van der Waals surface area contributed by atoms with E-state index in [0.717, 1.165) is 0 Å². The van der Waals surface area contributed by atoms with Gasteiger partial charge < -0.3 is 19.2 Å². The third-order valence-electron chi connectivity index (χ3n) is 8.19. The Bertz CT molecular complexity index is 987. The standard InChI is InChI=1S/C14H10O6S.2C8H20N/c15-13(16)9-1-5-11(6-2-9)21(19,20)12-7-3-10(4-8-12)14(17)18;2*1-5-9(6-2,7-3)8-4/h1-8H,(H,15,16)(H,17,18);2*5-8H2,1-4H3/q;2*+1. The zero-order chi connectivity index (χ0) is 30.3. The summed E-state index contributed by atoms with van der Waals surface area (Å²) in [6, 6.07) is 9.57. The first-order valence-electron chi connectivity index (χ1n) is 13.9. The number of quaternary nitrogens is 2. The second-order valence-electron chi connectivity index (χ2n) is 9.38. The van der Waals surface area contributed by atoms with E-state index in [2.05, 4.69) is 55.4 Å². The number of carboxylic acids is 2. The fourth-order valence-electron chi connectivity index (χ4n) is 4.37. The zero-order valence-corrected chi connectivity index (χ0v) is 25.9. The van der Waals surface area contributed by atoms with Crippen molar-refractivity contribution in [1.82, 2.24) is 0 Å². The molecule has 0 saturated heterocycles. The van der Waals surface area contributed by atoms with E-state index in [1.54, 1.807) is 0 Å². The highest BCUT2D eigenvalue weighted by atomic mass is 32.2. The van der Waals surface area contributed by atoms with Crippen molar-refractivity contribution in [3.63, 3.8) is 0 Å². The maximum Gasteiger partial charge on any atom is 0.335 e. The molecule has 39 heavy (non-hydrogen) atoms. The Hall–Kier alpha value is -2.75. The van der Waals surface area contributed by atoms with Crippen molar-refractivity contribution in [2.24, 2.45) is 0 Å². The van der Waals surface area contributed by atoms with Crippen LogP contribution in [0.5, 0.6) is 0 Å². The molecule has 0 spiro atoms. The van der Waals surface area contributed by atoms with Crippen molar-refractivity contribution < 1.29 is 37.2 Å². The Kier molecular flexibility index (Phi) is 15.8. The molecule has 0 heterocycles. The minimum Gasteiger partial charge on any atom is -0.478 e. The first-order chi connectivity index (χ1) is 18.3. The summed E-state index contributed by atoms with van der Waals surface area (Å²) in [7, 11) is -3.81. The van der Waals surface area contributed by atoms with E-state index in [1.165, 1.54) is 110 Å². The van der Waals surface area contributed by atoms with Gasteiger partial charge >= 0.3 is 11.9 Å². The van der Waals surface area contributed by atoms with Crippen molar-refractivity contribution in [2.45, 2.75) is 65.2 Å². The minimum atomic E-state index is -3.81. The highest BCUT2D eigenvalue weighted by Crippen LogP contribution is 2.21. The molecule has 0 aliphatic rings. The highest BCUT2D eigenvalue weighted by molar-refractivity contribution is 7.91. The molecule has 0 amide bonds. The maximum atomic E-state index is 12.3. The quantitative estimate of drug-likeness (QED) is 0.320. The number of aromatic carboxylic acids is 2. The molecular formula is C30H50N2O6S+2. The van der Waals surface area contributed by atoms with Crippen molar-refractivity contribution in [3.8, 4) is 0 Å². The topological polar surface area (TPSA) is 109 Å². The zero-order valence-electron chi connectivity index (χ0n) is 25.1. The van der Waals surface area contributed by atoms with Crippen LogP contribution in [0.3, 0.4) is 0 Å². The van der Waals surface area contributed by atoms with Gasteiger partial charge in [0.2, 0.25) is 9.84 Å². The molecule has 0 aromatic heterocycles. The van der Waals surface area contributed by atoms with Crippen LogP contribution < -0.4 is 0 Å². The van der Waals surface area contributed by atoms with Crippen LogP contribution in [-0.2, 0) is 9.84 Å². The van der Waals surface area contributed by atoms with E-state index in [-0.39, 0.29) is 20.9 Å². The van der Waals surface area contributed by atoms with E-state index in [1.807, 2.05) is 0 Å². The molecule has 0 fully saturated rings. The lowest BCUT2D eigenvalue weighted by molar-refractivity contribution is -0.921. The van der Waals surface area contributed by atoms with Crippen molar-refractivity contribution >= 4 is 21.8 Å². The summed E-state index contributed by atoms with van der Waals surface area (Å²) in [6.07, 6.45) is 0. The Balaban J connectivity index is 0.000000667. The summed E-state index contributed by atoms with van der Waals surface area (Å²) in [5.74, 6) is -2.30. The van der Waals surface area contributed by atoms with Crippen LogP contribution >= 0.6 is 0 Å². The lowest BCUT2D eigenvalue weighted by Crippen LogP contribution is -2.47. The van der Waals surface area contributed by atoms with Crippen LogP contribution in [0.25, 0.3) is 0 Å². The molecule has 0 aliphatic carbocycles. The molecule has 2 aromatic rings. The second-order valence-corrected chi connectivity index (χ2v) is 11.3. The summed E-state index contributed by atoms with van der Waals surface area (Å²) in [5, 5.41) is 17.5. The molecule has 8 nitrogen and oxygen atoms in total. The van der Waals surface area contributed by atoms with Gasteiger partial charge in [0, 0.05) is 0 Å². The van der Waals surface area contributed by atoms with Gasteiger partial charge in [-0.25, -0.2) is 18.0 Å². The van der Waals surface area contributed by atoms with Gasteiger partial charge in [-0.05, 0) is 104 Å². The van der Waals surface area contributed by atoms with Gasteiger partial charge in [0.15, 0.2) is 0 Å². The summed E-state index contributed by atoms with van der Waals surface area (Å²) >= 11 is 0. The van der Waals surface area contributed by atoms with Gasteiger partial charge in [-0.15, -0.1) is 0 Å². The van der Waals surface area contributed by atoms with Gasteiger partial charge in [0.25, 0.3) is 0 Å². The Morgan fingerprint density at radius 1 is 0.513 bits per heavy atom. The van der Waals surface area contributed by atoms with Crippen LogP contribution in [-0.4, -0.2) is 91.9 Å². The molecule has 2 N–H and O–H groups in total. The Morgan fingerprint density at radius 3 is 0.846 bits per heavy atom. The molecule has 2 rings (SSSR count). The lowest BCUT2D eigenvalue weighted by Gasteiger charge is -2.34. The van der Waals surface area contributed by atoms with Crippen LogP contribution in [0.4, 0.5) is 0 Å². The lowest BCUT2D eigenvalue weighted by atomic mass is 10.2. The van der Waals surface area contributed by atoms with Gasteiger partial charge in [-0.1, -0.05) is 0 Å². The number of hydrogen-bond acceptors (Lipinski definition) is 4. The van der Waals surface area contributed by atoms with Gasteiger partial charge in [-0.2, -0.15) is 0 Å². The molecule has 0 saturated carbocycles. The number of carbonyl (C=O) groups is 2. The Morgan fingerprint density at radius 2 is 0.718 bits per heavy atom. The van der Waals surface area contributed by atoms with Crippen LogP contribution in [0.15, 0.2) is 58.3 Å². The van der Waals surface area contributed by atoms with E-state index in [4.69, 9.17) is 10.2 Å². The van der Waals surface area contributed by atoms with Gasteiger partial charge in [0.1, 0.15) is 0 Å². The number of nitrogens with zero attached hydrogens (tertiary/aromatic N) is 2. The largest absolute Gasteiger partial charge is 0.478 e. The molecule has 220 valence electrons. The number of sulfone groups is 1. The average Bonchev–Trinajstić information content (AvgIpc) is 2.97. The van der Waals surface area contributed by atoms with Gasteiger partial charge in [-0.3, -0.25) is 0 Å². The average molecular weight is 567 g/mol. The third-order valence-corrected chi connectivity index (χ3v) is 9.98. The van der Waals surface area contributed by atoms with E-state index < -0.39 is 21.8 Å². The van der Waals surface area contributed by atoms with E-state index >= 15 is 0 Å². The summed E-state index contributed by atoms with van der Waals surface area (Å²) in [4.78, 5) is 21.3. The normalized spacial score (nSPS) is 11.5. The molecule has 0 atom stereocenters. The first kappa shape index (κ1) is 36.2. The Labute approximate surface area is 236 Å². The number of rotatable bonds is 12. The number of carboxylic acid groups (broad SMARTS) is 2. The van der Waals surface area contributed by atoms with Crippen molar-refractivity contribution in [2.75, 3.05) is 52.4 Å². The van der Waals surface area contributed by atoms with Crippen molar-refractivity contribution in [1.29, 1.82) is 0 Å². The molecule has 0 radical (unpaired) electrons. The van der Waals surface area contributed by atoms with Crippen molar-refractivity contribution in [3.05, 3.63) is 59.7 Å². The predicted molar refractivity (Wildman–Crippen MR) is 157 cm³/mol. The number of hydrogen-bond donors (Lipinski definition) is 2. The highest BCUT2D eigenvalue weighted by Gasteiger charge is 2.19. The fraction of sp³-hybridized carbons (Fsp3) is 0.533. The second kappa shape index (κ2) is 17.0. The smallest absolute Gasteiger partial charge is 0.335 e. The molecule has 9 heteroatoms. The molecular weight excluding hydrogens is 516 g/mol. The van der Waals surface area contributed by atoms with Gasteiger partial charge in [0.05, 0.1) is 73.3 Å². The summed E-state index contributed by atoms with van der Waals surface area (Å²) < 4.78 is 27.2. The molecule has 0 unspecified atom stereocenters. The first-order valence-corrected chi connectivity index (χ1v) is 15.4. The van der Waals surface area contributed by atoms with Crippen LogP contribution in [0.1, 0.15) is 76.1 Å². The molecule has 0 bridgehead atoms. The summed E-state index contributed by atoms with van der Waals surface area (Å²) in [6.45, 7) is 28.4. The predicted octanol–water partition coefficient (Wildman–Crippen LogP) is 5.68. The maximum absolute atomic E-state index is 12.3. The molecule has 2 aromatic carbocycles.